The van der Waals surface area contributed by atoms with Gasteiger partial charge in [-0.05, 0) is 18.2 Å². The van der Waals surface area contributed by atoms with Crippen molar-refractivity contribution in [3.8, 4) is 0 Å². The lowest BCUT2D eigenvalue weighted by molar-refractivity contribution is 1.12. The molecule has 0 fully saturated rings. The summed E-state index contributed by atoms with van der Waals surface area (Å²) in [5.41, 5.74) is 3.98. The van der Waals surface area contributed by atoms with Gasteiger partial charge in [0.1, 0.15) is 0 Å². The van der Waals surface area contributed by atoms with Gasteiger partial charge in [0.05, 0.1) is 23.8 Å². The molecule has 2 aromatic heterocycles. The number of anilines is 1. The molecular weight excluding hydrogens is 220 g/mol. The minimum Gasteiger partial charge on any atom is -0.380 e. The fourth-order valence-electron chi connectivity index (χ4n) is 1.57. The van der Waals surface area contributed by atoms with Gasteiger partial charge < -0.3 is 5.32 Å². The second-order valence-electron chi connectivity index (χ2n) is 3.49. The summed E-state index contributed by atoms with van der Waals surface area (Å²) in [7, 11) is 0. The number of nitrogens with zero attached hydrogens (tertiary/aromatic N) is 2. The monoisotopic (exact) mass is 230 g/mol. The van der Waals surface area contributed by atoms with Gasteiger partial charge in [-0.1, -0.05) is 0 Å². The zero-order chi connectivity index (χ0) is 10.8. The Kier molecular flexibility index (Phi) is 2.30. The number of thiazole rings is 1. The van der Waals surface area contributed by atoms with Gasteiger partial charge in [-0.3, -0.25) is 10.1 Å². The number of aromatic amines is 1. The Labute approximate surface area is 96.3 Å². The number of nitrogens with one attached hydrogen (secondary N) is 2. The van der Waals surface area contributed by atoms with E-state index < -0.39 is 0 Å². The summed E-state index contributed by atoms with van der Waals surface area (Å²) in [4.78, 5) is 5.27. The molecule has 0 aliphatic rings. The van der Waals surface area contributed by atoms with Crippen molar-refractivity contribution in [2.24, 2.45) is 0 Å². The highest BCUT2D eigenvalue weighted by Gasteiger charge is 1.98. The van der Waals surface area contributed by atoms with E-state index in [4.69, 9.17) is 0 Å². The van der Waals surface area contributed by atoms with Crippen molar-refractivity contribution in [1.82, 2.24) is 15.2 Å². The summed E-state index contributed by atoms with van der Waals surface area (Å²) in [6.45, 7) is 0.810. The van der Waals surface area contributed by atoms with E-state index in [-0.39, 0.29) is 0 Å². The number of rotatable bonds is 3. The van der Waals surface area contributed by atoms with Crippen molar-refractivity contribution in [3.63, 3.8) is 0 Å². The lowest BCUT2D eigenvalue weighted by Crippen LogP contribution is -1.96. The molecule has 0 atom stereocenters. The average molecular weight is 230 g/mol. The molecule has 0 radical (unpaired) electrons. The molecule has 3 aromatic rings. The standard InChI is InChI=1S/C11H10N4S/c1-2-9(3-11-8(1)4-14-15-11)13-6-10-5-12-7-16-10/h1-5,7,13H,6H2,(H,14,15). The van der Waals surface area contributed by atoms with Crippen molar-refractivity contribution >= 4 is 27.9 Å². The van der Waals surface area contributed by atoms with Crippen LogP contribution in [-0.2, 0) is 6.54 Å². The number of fused-ring (bicyclic) bond motifs is 1. The minimum absolute atomic E-state index is 0.810. The Morgan fingerprint density at radius 3 is 3.19 bits per heavy atom. The smallest absolute Gasteiger partial charge is 0.0794 e. The average Bonchev–Trinajstić information content (AvgIpc) is 2.97. The first-order valence-electron chi connectivity index (χ1n) is 4.96. The maximum atomic E-state index is 4.04. The van der Waals surface area contributed by atoms with Gasteiger partial charge >= 0.3 is 0 Å². The largest absolute Gasteiger partial charge is 0.380 e. The van der Waals surface area contributed by atoms with E-state index in [1.807, 2.05) is 24.0 Å². The molecule has 0 aliphatic heterocycles. The molecule has 16 heavy (non-hydrogen) atoms. The molecule has 0 unspecified atom stereocenters. The Morgan fingerprint density at radius 2 is 2.31 bits per heavy atom. The van der Waals surface area contributed by atoms with Crippen LogP contribution in [0.25, 0.3) is 10.9 Å². The van der Waals surface area contributed by atoms with E-state index in [9.17, 15) is 0 Å². The third-order valence-electron chi connectivity index (χ3n) is 2.39. The van der Waals surface area contributed by atoms with E-state index in [2.05, 4.69) is 32.6 Å². The van der Waals surface area contributed by atoms with Crippen LogP contribution in [0, 0.1) is 0 Å². The van der Waals surface area contributed by atoms with E-state index in [1.54, 1.807) is 11.3 Å². The highest BCUT2D eigenvalue weighted by atomic mass is 32.1. The Bertz CT molecular complexity index is 585. The van der Waals surface area contributed by atoms with Crippen molar-refractivity contribution in [2.75, 3.05) is 5.32 Å². The maximum absolute atomic E-state index is 4.04. The molecule has 0 aliphatic carbocycles. The van der Waals surface area contributed by atoms with Gasteiger partial charge in [-0.25, -0.2) is 0 Å². The van der Waals surface area contributed by atoms with Gasteiger partial charge in [-0.2, -0.15) is 5.10 Å². The molecule has 2 N–H and O–H groups in total. The van der Waals surface area contributed by atoms with Gasteiger partial charge in [0.25, 0.3) is 0 Å². The lowest BCUT2D eigenvalue weighted by atomic mass is 10.2. The van der Waals surface area contributed by atoms with E-state index in [1.165, 1.54) is 4.88 Å². The molecule has 80 valence electrons. The van der Waals surface area contributed by atoms with Gasteiger partial charge in [0, 0.05) is 22.1 Å². The number of hydrogen-bond donors (Lipinski definition) is 2. The van der Waals surface area contributed by atoms with Crippen LogP contribution in [0.2, 0.25) is 0 Å². The fraction of sp³-hybridized carbons (Fsp3) is 0.0909. The Balaban J connectivity index is 1.78. The number of hydrogen-bond acceptors (Lipinski definition) is 4. The fourth-order valence-corrected chi connectivity index (χ4v) is 2.10. The number of H-pyrrole nitrogens is 1. The van der Waals surface area contributed by atoms with Gasteiger partial charge in [-0.15, -0.1) is 11.3 Å². The van der Waals surface area contributed by atoms with Gasteiger partial charge in [0.15, 0.2) is 0 Å². The van der Waals surface area contributed by atoms with E-state index >= 15 is 0 Å². The summed E-state index contributed by atoms with van der Waals surface area (Å²) in [6.07, 6.45) is 3.70. The molecule has 2 heterocycles. The zero-order valence-corrected chi connectivity index (χ0v) is 9.29. The Hall–Kier alpha value is -1.88. The van der Waals surface area contributed by atoms with Crippen LogP contribution in [-0.4, -0.2) is 15.2 Å². The van der Waals surface area contributed by atoms with Crippen LogP contribution < -0.4 is 5.32 Å². The second-order valence-corrected chi connectivity index (χ2v) is 4.46. The van der Waals surface area contributed by atoms with E-state index in [0.29, 0.717) is 0 Å². The Morgan fingerprint density at radius 1 is 1.31 bits per heavy atom. The maximum Gasteiger partial charge on any atom is 0.0794 e. The molecule has 0 saturated carbocycles. The van der Waals surface area contributed by atoms with Crippen LogP contribution in [0.4, 0.5) is 5.69 Å². The van der Waals surface area contributed by atoms with Crippen molar-refractivity contribution < 1.29 is 0 Å². The molecule has 3 rings (SSSR count). The molecule has 4 nitrogen and oxygen atoms in total. The molecule has 5 heteroatoms. The topological polar surface area (TPSA) is 53.6 Å². The molecule has 0 spiro atoms. The molecule has 1 aromatic carbocycles. The number of aromatic nitrogens is 3. The molecule has 0 saturated heterocycles. The van der Waals surface area contributed by atoms with Gasteiger partial charge in [0.2, 0.25) is 0 Å². The predicted octanol–water partition coefficient (Wildman–Crippen LogP) is 2.63. The highest BCUT2D eigenvalue weighted by molar-refractivity contribution is 7.09. The van der Waals surface area contributed by atoms with Crippen LogP contribution in [0.5, 0.6) is 0 Å². The summed E-state index contributed by atoms with van der Waals surface area (Å²) in [5, 5.41) is 11.4. The summed E-state index contributed by atoms with van der Waals surface area (Å²) < 4.78 is 0. The SMILES string of the molecule is c1ncc(CNc2ccc3cn[nH]c3c2)s1. The summed E-state index contributed by atoms with van der Waals surface area (Å²) in [5.74, 6) is 0. The van der Waals surface area contributed by atoms with Crippen molar-refractivity contribution in [3.05, 3.63) is 41.0 Å². The predicted molar refractivity (Wildman–Crippen MR) is 65.5 cm³/mol. The minimum atomic E-state index is 0.810. The molecule has 0 bridgehead atoms. The second kappa shape index (κ2) is 3.94. The van der Waals surface area contributed by atoms with E-state index in [0.717, 1.165) is 23.1 Å². The first-order valence-corrected chi connectivity index (χ1v) is 5.84. The summed E-state index contributed by atoms with van der Waals surface area (Å²) in [6, 6.07) is 6.16. The lowest BCUT2D eigenvalue weighted by Gasteiger charge is -2.03. The zero-order valence-electron chi connectivity index (χ0n) is 8.47. The van der Waals surface area contributed by atoms with Crippen LogP contribution in [0.3, 0.4) is 0 Å². The first kappa shape index (κ1) is 9.35. The number of benzene rings is 1. The van der Waals surface area contributed by atoms with Crippen LogP contribution in [0.1, 0.15) is 4.88 Å². The normalized spacial score (nSPS) is 10.8. The summed E-state index contributed by atoms with van der Waals surface area (Å²) >= 11 is 1.65. The van der Waals surface area contributed by atoms with Crippen LogP contribution >= 0.6 is 11.3 Å². The third kappa shape index (κ3) is 1.77. The molecular formula is C11H10N4S. The first-order chi connectivity index (χ1) is 7.92. The van der Waals surface area contributed by atoms with Crippen LogP contribution in [0.15, 0.2) is 36.1 Å². The third-order valence-corrected chi connectivity index (χ3v) is 3.17. The van der Waals surface area contributed by atoms with Crippen molar-refractivity contribution in [2.45, 2.75) is 6.54 Å². The highest BCUT2D eigenvalue weighted by Crippen LogP contribution is 2.17. The quantitative estimate of drug-likeness (QED) is 0.727. The molecule has 0 amide bonds. The van der Waals surface area contributed by atoms with Crippen molar-refractivity contribution in [1.29, 1.82) is 0 Å².